The average molecular weight is 287 g/mol. The Morgan fingerprint density at radius 1 is 1.16 bits per heavy atom. The molecule has 0 aliphatic rings. The number of nitrogens with zero attached hydrogens (tertiary/aromatic N) is 1. The molecule has 0 bridgehead atoms. The van der Waals surface area contributed by atoms with Crippen LogP contribution in [0.4, 0.5) is 26.3 Å². The third-order valence-electron chi connectivity index (χ3n) is 1.95. The van der Waals surface area contributed by atoms with Gasteiger partial charge in [0.05, 0.1) is 12.2 Å². The second-order valence-electron chi connectivity index (χ2n) is 3.31. The molecule has 0 aliphatic carbocycles. The molecule has 3 nitrogen and oxygen atoms in total. The van der Waals surface area contributed by atoms with Gasteiger partial charge in [0.1, 0.15) is 5.69 Å². The second-order valence-corrected chi connectivity index (χ2v) is 3.31. The van der Waals surface area contributed by atoms with Gasteiger partial charge in [0.25, 0.3) is 0 Å². The molecule has 0 radical (unpaired) electrons. The van der Waals surface area contributed by atoms with Crippen molar-refractivity contribution in [1.29, 1.82) is 0 Å². The van der Waals surface area contributed by atoms with Crippen LogP contribution in [-0.4, -0.2) is 17.6 Å². The molecular formula is C10H7F6NO2. The summed E-state index contributed by atoms with van der Waals surface area (Å²) in [6.45, 7) is 1.14. The largest absolute Gasteiger partial charge is 0.462 e. The van der Waals surface area contributed by atoms with E-state index < -0.39 is 35.3 Å². The number of hydrogen-bond donors (Lipinski definition) is 0. The van der Waals surface area contributed by atoms with E-state index in [1.165, 1.54) is 6.92 Å². The third kappa shape index (κ3) is 3.58. The molecule has 1 heterocycles. The molecule has 1 aromatic rings. The molecule has 106 valence electrons. The molecule has 0 unspecified atom stereocenters. The van der Waals surface area contributed by atoms with Crippen molar-refractivity contribution in [2.75, 3.05) is 6.61 Å². The van der Waals surface area contributed by atoms with E-state index in [1.54, 1.807) is 0 Å². The van der Waals surface area contributed by atoms with E-state index in [9.17, 15) is 31.1 Å². The van der Waals surface area contributed by atoms with Gasteiger partial charge in [-0.05, 0) is 19.1 Å². The van der Waals surface area contributed by atoms with Crippen LogP contribution in [0.1, 0.15) is 28.7 Å². The zero-order valence-corrected chi connectivity index (χ0v) is 9.39. The van der Waals surface area contributed by atoms with Gasteiger partial charge < -0.3 is 4.74 Å². The van der Waals surface area contributed by atoms with Gasteiger partial charge in [0.2, 0.25) is 0 Å². The maximum Gasteiger partial charge on any atom is 0.434 e. The Labute approximate surface area is 103 Å². The van der Waals surface area contributed by atoms with Gasteiger partial charge in [-0.3, -0.25) is 0 Å². The van der Waals surface area contributed by atoms with Gasteiger partial charge in [-0.1, -0.05) is 0 Å². The molecule has 0 atom stereocenters. The molecule has 9 heteroatoms. The smallest absolute Gasteiger partial charge is 0.434 e. The highest BCUT2D eigenvalue weighted by Gasteiger charge is 2.41. The topological polar surface area (TPSA) is 39.2 Å². The summed E-state index contributed by atoms with van der Waals surface area (Å²) in [6, 6.07) is 0.693. The van der Waals surface area contributed by atoms with Gasteiger partial charge >= 0.3 is 18.3 Å². The number of pyridine rings is 1. The summed E-state index contributed by atoms with van der Waals surface area (Å²) >= 11 is 0. The van der Waals surface area contributed by atoms with Crippen LogP contribution in [0.5, 0.6) is 0 Å². The molecular weight excluding hydrogens is 280 g/mol. The van der Waals surface area contributed by atoms with Crippen LogP contribution in [0.3, 0.4) is 0 Å². The number of carbonyl (C=O) groups is 1. The quantitative estimate of drug-likeness (QED) is 0.619. The first-order chi connectivity index (χ1) is 8.57. The summed E-state index contributed by atoms with van der Waals surface area (Å²) in [4.78, 5) is 13.7. The summed E-state index contributed by atoms with van der Waals surface area (Å²) in [5.74, 6) is -1.38. The highest BCUT2D eigenvalue weighted by molar-refractivity contribution is 5.90. The number of carbonyl (C=O) groups excluding carboxylic acids is 1. The van der Waals surface area contributed by atoms with Crippen molar-refractivity contribution in [3.8, 4) is 0 Å². The number of halogens is 6. The molecule has 0 amide bonds. The Balaban J connectivity index is 3.38. The highest BCUT2D eigenvalue weighted by Crippen LogP contribution is 2.34. The van der Waals surface area contributed by atoms with Crippen LogP contribution in [-0.2, 0) is 17.1 Å². The fourth-order valence-electron chi connectivity index (χ4n) is 1.21. The number of rotatable bonds is 2. The summed E-state index contributed by atoms with van der Waals surface area (Å²) in [5, 5.41) is 0. The first-order valence-corrected chi connectivity index (χ1v) is 4.90. The fourth-order valence-corrected chi connectivity index (χ4v) is 1.21. The summed E-state index contributed by atoms with van der Waals surface area (Å²) in [6.07, 6.45) is -10.2. The van der Waals surface area contributed by atoms with Crippen LogP contribution in [0.2, 0.25) is 0 Å². The van der Waals surface area contributed by atoms with E-state index >= 15 is 0 Å². The highest BCUT2D eigenvalue weighted by atomic mass is 19.4. The Morgan fingerprint density at radius 3 is 2.16 bits per heavy atom. The van der Waals surface area contributed by atoms with Crippen molar-refractivity contribution in [2.45, 2.75) is 19.3 Å². The monoisotopic (exact) mass is 287 g/mol. The van der Waals surface area contributed by atoms with Crippen molar-refractivity contribution in [3.63, 3.8) is 0 Å². The maximum atomic E-state index is 12.6. The lowest BCUT2D eigenvalue weighted by Crippen LogP contribution is -2.20. The van der Waals surface area contributed by atoms with Crippen LogP contribution in [0.15, 0.2) is 12.1 Å². The zero-order chi connectivity index (χ0) is 14.8. The lowest BCUT2D eigenvalue weighted by atomic mass is 10.1. The van der Waals surface area contributed by atoms with E-state index in [4.69, 9.17) is 0 Å². The number of alkyl halides is 6. The SMILES string of the molecule is CCOC(=O)c1ccc(C(F)(F)F)nc1C(F)(F)F. The predicted molar refractivity (Wildman–Crippen MR) is 50.2 cm³/mol. The number of ether oxygens (including phenoxy) is 1. The minimum Gasteiger partial charge on any atom is -0.462 e. The lowest BCUT2D eigenvalue weighted by Gasteiger charge is -2.13. The van der Waals surface area contributed by atoms with Crippen LogP contribution in [0, 0.1) is 0 Å². The van der Waals surface area contributed by atoms with Crippen molar-refractivity contribution in [1.82, 2.24) is 4.98 Å². The molecule has 1 aromatic heterocycles. The average Bonchev–Trinajstić information content (AvgIpc) is 2.26. The first kappa shape index (κ1) is 15.3. The maximum absolute atomic E-state index is 12.6. The number of hydrogen-bond acceptors (Lipinski definition) is 3. The normalized spacial score (nSPS) is 12.4. The third-order valence-corrected chi connectivity index (χ3v) is 1.95. The predicted octanol–water partition coefficient (Wildman–Crippen LogP) is 3.30. The molecule has 0 saturated carbocycles. The summed E-state index contributed by atoms with van der Waals surface area (Å²) in [5.41, 5.74) is -4.70. The molecule has 1 rings (SSSR count). The van der Waals surface area contributed by atoms with Crippen molar-refractivity contribution >= 4 is 5.97 Å². The molecule has 0 saturated heterocycles. The number of esters is 1. The van der Waals surface area contributed by atoms with Gasteiger partial charge in [-0.15, -0.1) is 0 Å². The first-order valence-electron chi connectivity index (χ1n) is 4.90. The van der Waals surface area contributed by atoms with E-state index in [1.807, 2.05) is 0 Å². The van der Waals surface area contributed by atoms with Gasteiger partial charge in [-0.2, -0.15) is 26.3 Å². The van der Waals surface area contributed by atoms with Gasteiger partial charge in [0, 0.05) is 0 Å². The standard InChI is InChI=1S/C10H7F6NO2/c1-2-19-8(18)5-3-4-6(9(11,12)13)17-7(5)10(14,15)16/h3-4H,2H2,1H3. The molecule has 0 fully saturated rings. The number of aromatic nitrogens is 1. The van der Waals surface area contributed by atoms with Crippen LogP contribution in [0.25, 0.3) is 0 Å². The van der Waals surface area contributed by atoms with Crippen molar-refractivity contribution in [3.05, 3.63) is 29.1 Å². The van der Waals surface area contributed by atoms with Crippen LogP contribution >= 0.6 is 0 Å². The second kappa shape index (κ2) is 5.06. The van der Waals surface area contributed by atoms with Crippen molar-refractivity contribution < 1.29 is 35.9 Å². The van der Waals surface area contributed by atoms with Gasteiger partial charge in [0.15, 0.2) is 5.69 Å². The summed E-state index contributed by atoms with van der Waals surface area (Å²) in [7, 11) is 0. The van der Waals surface area contributed by atoms with E-state index in [-0.39, 0.29) is 6.61 Å². The molecule has 0 N–H and O–H groups in total. The minimum absolute atomic E-state index is 0.211. The Bertz CT molecular complexity index is 480. The van der Waals surface area contributed by atoms with E-state index in [2.05, 4.69) is 9.72 Å². The minimum atomic E-state index is -5.19. The molecule has 0 spiro atoms. The Kier molecular flexibility index (Phi) is 4.06. The Hall–Kier alpha value is -1.80. The molecule has 0 aliphatic heterocycles. The lowest BCUT2D eigenvalue weighted by molar-refractivity contribution is -0.150. The Morgan fingerprint density at radius 2 is 1.74 bits per heavy atom. The van der Waals surface area contributed by atoms with Crippen molar-refractivity contribution in [2.24, 2.45) is 0 Å². The van der Waals surface area contributed by atoms with E-state index in [0.29, 0.717) is 12.1 Å². The zero-order valence-electron chi connectivity index (χ0n) is 9.39. The summed E-state index contributed by atoms with van der Waals surface area (Å²) < 4.78 is 78.9. The van der Waals surface area contributed by atoms with Crippen LogP contribution < -0.4 is 0 Å². The molecule has 19 heavy (non-hydrogen) atoms. The van der Waals surface area contributed by atoms with Gasteiger partial charge in [-0.25, -0.2) is 9.78 Å². The molecule has 0 aromatic carbocycles. The fraction of sp³-hybridized carbons (Fsp3) is 0.400. The van der Waals surface area contributed by atoms with E-state index in [0.717, 1.165) is 0 Å².